The van der Waals surface area contributed by atoms with Gasteiger partial charge in [-0.1, -0.05) is 72.4 Å². The molecule has 1 amide bonds. The Hall–Kier alpha value is -3.58. The van der Waals surface area contributed by atoms with Crippen molar-refractivity contribution in [2.75, 3.05) is 5.32 Å². The Morgan fingerprint density at radius 1 is 1.00 bits per heavy atom. The number of thioether (sulfide) groups is 1. The Kier molecular flexibility index (Phi) is 6.56. The van der Waals surface area contributed by atoms with E-state index in [1.807, 2.05) is 85.1 Å². The zero-order valence-electron chi connectivity index (χ0n) is 17.9. The highest BCUT2D eigenvalue weighted by molar-refractivity contribution is 8.00. The normalized spacial score (nSPS) is 11.8. The Bertz CT molecular complexity index is 1220. The molecule has 1 heterocycles. The van der Waals surface area contributed by atoms with E-state index in [0.717, 1.165) is 16.8 Å². The summed E-state index contributed by atoms with van der Waals surface area (Å²) in [6.45, 7) is 4.33. The molecule has 0 aliphatic heterocycles. The number of anilines is 1. The quantitative estimate of drug-likeness (QED) is 0.387. The lowest BCUT2D eigenvalue weighted by atomic mass is 10.1. The van der Waals surface area contributed by atoms with Crippen molar-refractivity contribution in [3.8, 4) is 17.1 Å². The lowest BCUT2D eigenvalue weighted by molar-refractivity contribution is -0.115. The first-order chi connectivity index (χ1) is 15.5. The summed E-state index contributed by atoms with van der Waals surface area (Å²) in [5, 5.41) is 22.3. The van der Waals surface area contributed by atoms with Crippen LogP contribution in [0.5, 0.6) is 5.75 Å². The molecule has 7 heteroatoms. The first-order valence-electron chi connectivity index (χ1n) is 10.3. The highest BCUT2D eigenvalue weighted by Gasteiger charge is 2.22. The summed E-state index contributed by atoms with van der Waals surface area (Å²) >= 11 is 1.34. The minimum absolute atomic E-state index is 0.109. The van der Waals surface area contributed by atoms with Gasteiger partial charge in [0.15, 0.2) is 11.0 Å². The topological polar surface area (TPSA) is 80.0 Å². The van der Waals surface area contributed by atoms with Gasteiger partial charge < -0.3 is 10.4 Å². The summed E-state index contributed by atoms with van der Waals surface area (Å²) in [6.07, 6.45) is 0. The minimum atomic E-state index is -0.398. The number of hydrogen-bond donors (Lipinski definition) is 2. The number of carbonyl (C=O) groups is 1. The molecule has 0 bridgehead atoms. The molecule has 3 aromatic carbocycles. The average Bonchev–Trinajstić information content (AvgIpc) is 3.18. The summed E-state index contributed by atoms with van der Waals surface area (Å²) in [7, 11) is 0. The maximum Gasteiger partial charge on any atom is 0.237 e. The van der Waals surface area contributed by atoms with E-state index in [0.29, 0.717) is 23.1 Å². The number of para-hydroxylation sites is 2. The van der Waals surface area contributed by atoms with Crippen molar-refractivity contribution in [2.45, 2.75) is 30.8 Å². The van der Waals surface area contributed by atoms with Crippen LogP contribution in [0.1, 0.15) is 18.1 Å². The maximum absolute atomic E-state index is 12.8. The third kappa shape index (κ3) is 4.84. The molecule has 4 rings (SSSR count). The summed E-state index contributed by atoms with van der Waals surface area (Å²) in [6, 6.07) is 24.7. The van der Waals surface area contributed by atoms with Crippen LogP contribution in [0.4, 0.5) is 5.69 Å². The molecule has 0 radical (unpaired) electrons. The molecular weight excluding hydrogens is 420 g/mol. The van der Waals surface area contributed by atoms with Crippen molar-refractivity contribution in [2.24, 2.45) is 0 Å². The largest absolute Gasteiger partial charge is 0.507 e. The van der Waals surface area contributed by atoms with E-state index in [2.05, 4.69) is 15.5 Å². The molecule has 0 saturated carbocycles. The Balaban J connectivity index is 1.62. The number of rotatable bonds is 7. The van der Waals surface area contributed by atoms with E-state index in [1.54, 1.807) is 12.1 Å². The monoisotopic (exact) mass is 444 g/mol. The SMILES string of the molecule is Cc1ccccc1NC(=O)C(C)Sc1nnc(-c2ccccc2O)n1Cc1ccccc1. The summed E-state index contributed by atoms with van der Waals surface area (Å²) in [5.41, 5.74) is 3.47. The zero-order chi connectivity index (χ0) is 22.5. The fraction of sp³-hybridized carbons (Fsp3) is 0.160. The molecule has 1 aromatic heterocycles. The van der Waals surface area contributed by atoms with Crippen molar-refractivity contribution < 1.29 is 9.90 Å². The summed E-state index contributed by atoms with van der Waals surface area (Å²) in [5.74, 6) is 0.583. The number of hydrogen-bond acceptors (Lipinski definition) is 5. The van der Waals surface area contributed by atoms with Gasteiger partial charge in [-0.15, -0.1) is 10.2 Å². The molecule has 162 valence electrons. The second-order valence-corrected chi connectivity index (χ2v) is 8.77. The predicted molar refractivity (Wildman–Crippen MR) is 128 cm³/mol. The maximum atomic E-state index is 12.8. The number of benzene rings is 3. The molecule has 6 nitrogen and oxygen atoms in total. The van der Waals surface area contributed by atoms with E-state index >= 15 is 0 Å². The lowest BCUT2D eigenvalue weighted by Gasteiger charge is -2.15. The van der Waals surface area contributed by atoms with Crippen LogP contribution in [-0.2, 0) is 11.3 Å². The first kappa shape index (κ1) is 21.6. The van der Waals surface area contributed by atoms with Gasteiger partial charge in [-0.2, -0.15) is 0 Å². The highest BCUT2D eigenvalue weighted by Crippen LogP contribution is 2.32. The van der Waals surface area contributed by atoms with Crippen LogP contribution in [0, 0.1) is 6.92 Å². The number of aryl methyl sites for hydroxylation is 1. The number of amides is 1. The van der Waals surface area contributed by atoms with Crippen LogP contribution in [0.3, 0.4) is 0 Å². The predicted octanol–water partition coefficient (Wildman–Crippen LogP) is 5.13. The molecule has 1 atom stereocenters. The number of carbonyl (C=O) groups excluding carboxylic acids is 1. The van der Waals surface area contributed by atoms with Gasteiger partial charge in [0.25, 0.3) is 0 Å². The van der Waals surface area contributed by atoms with E-state index in [9.17, 15) is 9.90 Å². The van der Waals surface area contributed by atoms with Crippen LogP contribution in [0.15, 0.2) is 84.0 Å². The molecule has 32 heavy (non-hydrogen) atoms. The van der Waals surface area contributed by atoms with Crippen molar-refractivity contribution in [1.82, 2.24) is 14.8 Å². The molecule has 2 N–H and O–H groups in total. The standard InChI is InChI=1S/C25H24N4O2S/c1-17-10-6-8-14-21(17)26-24(31)18(2)32-25-28-27-23(20-13-7-9-15-22(20)30)29(25)16-19-11-4-3-5-12-19/h3-15,18,30H,16H2,1-2H3,(H,26,31). The van der Waals surface area contributed by atoms with Crippen LogP contribution in [0.2, 0.25) is 0 Å². The van der Waals surface area contributed by atoms with Gasteiger partial charge >= 0.3 is 0 Å². The van der Waals surface area contributed by atoms with E-state index in [-0.39, 0.29) is 11.7 Å². The average molecular weight is 445 g/mol. The number of nitrogens with zero attached hydrogens (tertiary/aromatic N) is 3. The van der Waals surface area contributed by atoms with E-state index in [4.69, 9.17) is 0 Å². The lowest BCUT2D eigenvalue weighted by Crippen LogP contribution is -2.23. The Labute approximate surface area is 191 Å². The third-order valence-electron chi connectivity index (χ3n) is 5.10. The molecule has 0 aliphatic rings. The zero-order valence-corrected chi connectivity index (χ0v) is 18.7. The number of nitrogens with one attached hydrogen (secondary N) is 1. The Morgan fingerprint density at radius 2 is 1.69 bits per heavy atom. The van der Waals surface area contributed by atoms with Crippen LogP contribution >= 0.6 is 11.8 Å². The summed E-state index contributed by atoms with van der Waals surface area (Å²) in [4.78, 5) is 12.8. The molecule has 1 unspecified atom stereocenters. The van der Waals surface area contributed by atoms with Gasteiger partial charge in [0.1, 0.15) is 5.75 Å². The number of phenolic OH excluding ortho intramolecular Hbond substituents is 1. The molecular formula is C25H24N4O2S. The van der Waals surface area contributed by atoms with E-state index < -0.39 is 5.25 Å². The van der Waals surface area contributed by atoms with Gasteiger partial charge in [0.05, 0.1) is 17.4 Å². The van der Waals surface area contributed by atoms with Gasteiger partial charge in [-0.05, 0) is 43.2 Å². The smallest absolute Gasteiger partial charge is 0.237 e. The molecule has 0 aliphatic carbocycles. The Morgan fingerprint density at radius 3 is 2.44 bits per heavy atom. The van der Waals surface area contributed by atoms with Crippen molar-refractivity contribution >= 4 is 23.4 Å². The van der Waals surface area contributed by atoms with Crippen molar-refractivity contribution in [3.05, 3.63) is 90.0 Å². The van der Waals surface area contributed by atoms with Gasteiger partial charge in [0.2, 0.25) is 5.91 Å². The molecule has 0 fully saturated rings. The number of aromatic hydroxyl groups is 1. The highest BCUT2D eigenvalue weighted by atomic mass is 32.2. The fourth-order valence-electron chi connectivity index (χ4n) is 3.31. The molecule has 0 spiro atoms. The number of aromatic nitrogens is 3. The van der Waals surface area contributed by atoms with E-state index in [1.165, 1.54) is 11.8 Å². The molecule has 4 aromatic rings. The van der Waals surface area contributed by atoms with Crippen LogP contribution in [0.25, 0.3) is 11.4 Å². The van der Waals surface area contributed by atoms with Gasteiger partial charge in [-0.3, -0.25) is 9.36 Å². The fourth-order valence-corrected chi connectivity index (χ4v) is 4.15. The molecule has 0 saturated heterocycles. The van der Waals surface area contributed by atoms with Crippen LogP contribution < -0.4 is 5.32 Å². The third-order valence-corrected chi connectivity index (χ3v) is 6.18. The van der Waals surface area contributed by atoms with Crippen molar-refractivity contribution in [1.29, 1.82) is 0 Å². The summed E-state index contributed by atoms with van der Waals surface area (Å²) < 4.78 is 1.94. The second kappa shape index (κ2) is 9.70. The van der Waals surface area contributed by atoms with Gasteiger partial charge in [-0.25, -0.2) is 0 Å². The number of phenols is 1. The second-order valence-electron chi connectivity index (χ2n) is 7.46. The van der Waals surface area contributed by atoms with Crippen molar-refractivity contribution in [3.63, 3.8) is 0 Å². The minimum Gasteiger partial charge on any atom is -0.507 e. The first-order valence-corrected chi connectivity index (χ1v) is 11.2. The van der Waals surface area contributed by atoms with Gasteiger partial charge in [0, 0.05) is 5.69 Å². The van der Waals surface area contributed by atoms with Crippen LogP contribution in [-0.4, -0.2) is 31.0 Å².